The van der Waals surface area contributed by atoms with Crippen molar-refractivity contribution in [1.82, 2.24) is 14.9 Å². The highest BCUT2D eigenvalue weighted by molar-refractivity contribution is 6.01. The minimum atomic E-state index is -0.290. The summed E-state index contributed by atoms with van der Waals surface area (Å²) in [6.07, 6.45) is 7.41. The number of aromatic nitrogens is 2. The molecule has 1 aromatic carbocycles. The second-order valence-electron chi connectivity index (χ2n) is 5.19. The molecular weight excluding hydrogens is 308 g/mol. The number of amides is 2. The fourth-order valence-electron chi connectivity index (χ4n) is 2.22. The van der Waals surface area contributed by atoms with Crippen LogP contribution in [0.25, 0.3) is 6.08 Å². The van der Waals surface area contributed by atoms with E-state index in [9.17, 15) is 9.59 Å². The van der Waals surface area contributed by atoms with Gasteiger partial charge in [-0.05, 0) is 23.8 Å². The SMILES string of the molecule is O=C(/C=C/c1cnccn1)Nc1ccc(CN2CCOC2=O)cc1. The van der Waals surface area contributed by atoms with Crippen molar-refractivity contribution in [3.05, 3.63) is 60.2 Å². The molecule has 7 nitrogen and oxygen atoms in total. The van der Waals surface area contributed by atoms with E-state index in [1.807, 2.05) is 12.1 Å². The zero-order chi connectivity index (χ0) is 16.8. The van der Waals surface area contributed by atoms with Crippen molar-refractivity contribution in [3.63, 3.8) is 0 Å². The Hall–Kier alpha value is -3.22. The number of rotatable bonds is 5. The molecule has 1 fully saturated rings. The van der Waals surface area contributed by atoms with Gasteiger partial charge in [-0.3, -0.25) is 14.8 Å². The highest BCUT2D eigenvalue weighted by atomic mass is 16.6. The van der Waals surface area contributed by atoms with Crippen LogP contribution >= 0.6 is 0 Å². The number of carbonyl (C=O) groups excluding carboxylic acids is 2. The smallest absolute Gasteiger partial charge is 0.410 e. The van der Waals surface area contributed by atoms with Crippen LogP contribution in [0.4, 0.5) is 10.5 Å². The first-order valence-electron chi connectivity index (χ1n) is 7.46. The molecule has 0 unspecified atom stereocenters. The average Bonchev–Trinajstić information content (AvgIpc) is 3.01. The first kappa shape index (κ1) is 15.7. The zero-order valence-corrected chi connectivity index (χ0v) is 12.9. The number of benzene rings is 1. The summed E-state index contributed by atoms with van der Waals surface area (Å²) in [6, 6.07) is 7.33. The molecule has 7 heteroatoms. The summed E-state index contributed by atoms with van der Waals surface area (Å²) in [4.78, 5) is 32.9. The van der Waals surface area contributed by atoms with E-state index in [0.29, 0.717) is 31.1 Å². The van der Waals surface area contributed by atoms with Gasteiger partial charge in [-0.1, -0.05) is 12.1 Å². The van der Waals surface area contributed by atoms with Crippen molar-refractivity contribution in [1.29, 1.82) is 0 Å². The average molecular weight is 324 g/mol. The van der Waals surface area contributed by atoms with Crippen molar-refractivity contribution in [2.24, 2.45) is 0 Å². The molecular formula is C17H16N4O3. The van der Waals surface area contributed by atoms with Gasteiger partial charge in [0.05, 0.1) is 18.4 Å². The summed E-state index contributed by atoms with van der Waals surface area (Å²) < 4.78 is 4.89. The first-order valence-corrected chi connectivity index (χ1v) is 7.46. The lowest BCUT2D eigenvalue weighted by atomic mass is 10.2. The van der Waals surface area contributed by atoms with Gasteiger partial charge in [0, 0.05) is 30.7 Å². The lowest BCUT2D eigenvalue weighted by molar-refractivity contribution is -0.111. The topological polar surface area (TPSA) is 84.4 Å². The number of ether oxygens (including phenoxy) is 1. The van der Waals surface area contributed by atoms with Crippen LogP contribution in [0.15, 0.2) is 48.9 Å². The highest BCUT2D eigenvalue weighted by Crippen LogP contribution is 2.14. The Bertz CT molecular complexity index is 744. The predicted molar refractivity (Wildman–Crippen MR) is 87.9 cm³/mol. The summed E-state index contributed by atoms with van der Waals surface area (Å²) in [5.41, 5.74) is 2.26. The van der Waals surface area contributed by atoms with Crippen LogP contribution in [0.5, 0.6) is 0 Å². The van der Waals surface area contributed by atoms with Crippen LogP contribution < -0.4 is 5.32 Å². The second kappa shape index (κ2) is 7.36. The van der Waals surface area contributed by atoms with Crippen LogP contribution in [-0.4, -0.2) is 40.0 Å². The van der Waals surface area contributed by atoms with Crippen LogP contribution in [-0.2, 0) is 16.1 Å². The third-order valence-corrected chi connectivity index (χ3v) is 3.43. The number of cyclic esters (lactones) is 1. The Balaban J connectivity index is 1.54. The van der Waals surface area contributed by atoms with Crippen LogP contribution in [0.3, 0.4) is 0 Å². The normalized spacial score (nSPS) is 14.0. The molecule has 1 aliphatic heterocycles. The van der Waals surface area contributed by atoms with Crippen molar-refractivity contribution >= 4 is 23.8 Å². The Kier molecular flexibility index (Phi) is 4.81. The fraction of sp³-hybridized carbons (Fsp3) is 0.176. The minimum Gasteiger partial charge on any atom is -0.448 e. The molecule has 1 aliphatic rings. The molecule has 2 aromatic rings. The second-order valence-corrected chi connectivity index (χ2v) is 5.19. The monoisotopic (exact) mass is 324 g/mol. The third kappa shape index (κ3) is 4.16. The molecule has 0 radical (unpaired) electrons. The Morgan fingerprint density at radius 3 is 2.79 bits per heavy atom. The zero-order valence-electron chi connectivity index (χ0n) is 12.9. The molecule has 24 heavy (non-hydrogen) atoms. The summed E-state index contributed by atoms with van der Waals surface area (Å²) in [5, 5.41) is 2.76. The molecule has 0 atom stereocenters. The van der Waals surface area contributed by atoms with Gasteiger partial charge in [-0.2, -0.15) is 0 Å². The molecule has 1 aromatic heterocycles. The van der Waals surface area contributed by atoms with E-state index < -0.39 is 0 Å². The predicted octanol–water partition coefficient (Wildman–Crippen LogP) is 2.08. The summed E-state index contributed by atoms with van der Waals surface area (Å²) in [5.74, 6) is -0.253. The van der Waals surface area contributed by atoms with E-state index >= 15 is 0 Å². The number of nitrogens with zero attached hydrogens (tertiary/aromatic N) is 3. The number of nitrogens with one attached hydrogen (secondary N) is 1. The van der Waals surface area contributed by atoms with Crippen molar-refractivity contribution in [3.8, 4) is 0 Å². The standard InChI is InChI=1S/C17H16N4O3/c22-16(6-5-15-11-18-7-8-19-15)20-14-3-1-13(2-4-14)12-21-9-10-24-17(21)23/h1-8,11H,9-10,12H2,(H,20,22)/b6-5+. The van der Waals surface area contributed by atoms with Crippen LogP contribution in [0.2, 0.25) is 0 Å². The number of hydrogen-bond donors (Lipinski definition) is 1. The van der Waals surface area contributed by atoms with Gasteiger partial charge in [0.25, 0.3) is 0 Å². The molecule has 1 N–H and O–H groups in total. The molecule has 1 saturated heterocycles. The summed E-state index contributed by atoms with van der Waals surface area (Å²) >= 11 is 0. The molecule has 122 valence electrons. The first-order chi connectivity index (χ1) is 11.7. The van der Waals surface area contributed by atoms with E-state index in [2.05, 4.69) is 15.3 Å². The largest absolute Gasteiger partial charge is 0.448 e. The van der Waals surface area contributed by atoms with E-state index in [1.54, 1.807) is 41.7 Å². The molecule has 0 bridgehead atoms. The molecule has 0 saturated carbocycles. The highest BCUT2D eigenvalue weighted by Gasteiger charge is 2.21. The third-order valence-electron chi connectivity index (χ3n) is 3.43. The lowest BCUT2D eigenvalue weighted by Crippen LogP contribution is -2.23. The maximum atomic E-state index is 11.9. The Morgan fingerprint density at radius 1 is 1.29 bits per heavy atom. The van der Waals surface area contributed by atoms with Gasteiger partial charge in [-0.15, -0.1) is 0 Å². The molecule has 0 spiro atoms. The maximum absolute atomic E-state index is 11.9. The Morgan fingerprint density at radius 2 is 2.12 bits per heavy atom. The fourth-order valence-corrected chi connectivity index (χ4v) is 2.22. The summed E-state index contributed by atoms with van der Waals surface area (Å²) in [6.45, 7) is 1.54. The van der Waals surface area contributed by atoms with Crippen molar-refractivity contribution < 1.29 is 14.3 Å². The van der Waals surface area contributed by atoms with Gasteiger partial charge in [-0.25, -0.2) is 4.79 Å². The van der Waals surface area contributed by atoms with Crippen molar-refractivity contribution in [2.45, 2.75) is 6.54 Å². The quantitative estimate of drug-likeness (QED) is 0.851. The number of hydrogen-bond acceptors (Lipinski definition) is 5. The van der Waals surface area contributed by atoms with Gasteiger partial charge in [0.2, 0.25) is 5.91 Å². The van der Waals surface area contributed by atoms with Gasteiger partial charge >= 0.3 is 6.09 Å². The van der Waals surface area contributed by atoms with Gasteiger partial charge in [0.1, 0.15) is 6.61 Å². The maximum Gasteiger partial charge on any atom is 0.410 e. The molecule has 2 amide bonds. The van der Waals surface area contributed by atoms with Gasteiger partial charge in [0.15, 0.2) is 0 Å². The van der Waals surface area contributed by atoms with Crippen LogP contribution in [0, 0.1) is 0 Å². The Labute approximate surface area is 139 Å². The van der Waals surface area contributed by atoms with E-state index in [4.69, 9.17) is 4.74 Å². The molecule has 3 rings (SSSR count). The summed E-state index contributed by atoms with van der Waals surface area (Å²) in [7, 11) is 0. The number of anilines is 1. The van der Waals surface area contributed by atoms with E-state index in [1.165, 1.54) is 6.08 Å². The molecule has 0 aliphatic carbocycles. The molecule has 2 heterocycles. The van der Waals surface area contributed by atoms with Gasteiger partial charge < -0.3 is 15.0 Å². The van der Waals surface area contributed by atoms with E-state index in [-0.39, 0.29) is 12.0 Å². The van der Waals surface area contributed by atoms with Crippen LogP contribution in [0.1, 0.15) is 11.3 Å². The van der Waals surface area contributed by atoms with E-state index in [0.717, 1.165) is 5.56 Å². The minimum absolute atomic E-state index is 0.253. The lowest BCUT2D eigenvalue weighted by Gasteiger charge is -2.12. The van der Waals surface area contributed by atoms with Crippen molar-refractivity contribution in [2.75, 3.05) is 18.5 Å². The number of carbonyl (C=O) groups is 2.